The second-order valence-corrected chi connectivity index (χ2v) is 4.14. The third-order valence-corrected chi connectivity index (χ3v) is 2.69. The van der Waals surface area contributed by atoms with E-state index in [9.17, 15) is 18.7 Å². The molecule has 0 aliphatic carbocycles. The predicted molar refractivity (Wildman–Crippen MR) is 58.0 cm³/mol. The number of carboxylic acid groups (broad SMARTS) is 1. The molecule has 0 amide bonds. The molecule has 94 valence electrons. The van der Waals surface area contributed by atoms with Crippen LogP contribution in [0.1, 0.15) is 18.9 Å². The number of hydrogen-bond donors (Lipinski definition) is 2. The summed E-state index contributed by atoms with van der Waals surface area (Å²) in [6.07, 6.45) is -0.132. The van der Waals surface area contributed by atoms with Crippen LogP contribution in [0.4, 0.5) is 8.78 Å². The van der Waals surface area contributed by atoms with Gasteiger partial charge in [0.1, 0.15) is 5.60 Å². The fourth-order valence-electron chi connectivity index (χ4n) is 1.42. The van der Waals surface area contributed by atoms with E-state index < -0.39 is 17.5 Å². The maximum Gasteiger partial charge on any atom is 0.377 e. The summed E-state index contributed by atoms with van der Waals surface area (Å²) in [7, 11) is 0. The molecule has 0 radical (unpaired) electrons. The number of alkyl halides is 2. The quantitative estimate of drug-likeness (QED) is 0.833. The number of aryl methyl sites for hydroxylation is 1. The molecule has 17 heavy (non-hydrogen) atoms. The van der Waals surface area contributed by atoms with Gasteiger partial charge in [0.05, 0.1) is 0 Å². The summed E-state index contributed by atoms with van der Waals surface area (Å²) in [6, 6.07) is 8.75. The summed E-state index contributed by atoms with van der Waals surface area (Å²) in [4.78, 5) is 10.4. The number of carboxylic acids is 1. The summed E-state index contributed by atoms with van der Waals surface area (Å²) in [5.41, 5.74) is -1.79. The third kappa shape index (κ3) is 3.00. The van der Waals surface area contributed by atoms with Crippen LogP contribution in [0.25, 0.3) is 0 Å². The van der Waals surface area contributed by atoms with Crippen LogP contribution in [0.5, 0.6) is 0 Å². The Hall–Kier alpha value is -1.49. The molecule has 1 aromatic carbocycles. The lowest BCUT2D eigenvalue weighted by Crippen LogP contribution is -2.51. The minimum absolute atomic E-state index is 0.191. The number of carbonyl (C=O) groups is 1. The molecule has 5 heteroatoms. The van der Waals surface area contributed by atoms with Crippen molar-refractivity contribution in [1.82, 2.24) is 0 Å². The zero-order valence-electron chi connectivity index (χ0n) is 9.36. The van der Waals surface area contributed by atoms with Crippen molar-refractivity contribution in [2.75, 3.05) is 0 Å². The molecular formula is C12H14F2O3. The van der Waals surface area contributed by atoms with Gasteiger partial charge in [-0.2, -0.15) is 8.78 Å². The fourth-order valence-corrected chi connectivity index (χ4v) is 1.42. The average molecular weight is 244 g/mol. The molecule has 0 heterocycles. The van der Waals surface area contributed by atoms with Crippen LogP contribution < -0.4 is 0 Å². The Morgan fingerprint density at radius 1 is 1.29 bits per heavy atom. The number of aliphatic hydroxyl groups is 1. The van der Waals surface area contributed by atoms with Gasteiger partial charge < -0.3 is 10.2 Å². The summed E-state index contributed by atoms with van der Waals surface area (Å²) in [6.45, 7) is 0.837. The molecule has 0 aliphatic rings. The Bertz CT molecular complexity index is 388. The molecule has 3 nitrogen and oxygen atoms in total. The minimum Gasteiger partial charge on any atom is -0.477 e. The van der Waals surface area contributed by atoms with Crippen molar-refractivity contribution >= 4 is 5.97 Å². The van der Waals surface area contributed by atoms with Gasteiger partial charge in [0, 0.05) is 0 Å². The summed E-state index contributed by atoms with van der Waals surface area (Å²) >= 11 is 0. The van der Waals surface area contributed by atoms with E-state index in [0.29, 0.717) is 0 Å². The van der Waals surface area contributed by atoms with Crippen LogP contribution in [-0.4, -0.2) is 27.7 Å². The molecule has 0 spiro atoms. The molecule has 1 aromatic rings. The normalized spacial score (nSPS) is 15.3. The first-order valence-corrected chi connectivity index (χ1v) is 5.15. The van der Waals surface area contributed by atoms with Crippen LogP contribution in [0.2, 0.25) is 0 Å². The molecule has 1 unspecified atom stereocenters. The molecule has 0 bridgehead atoms. The van der Waals surface area contributed by atoms with Crippen LogP contribution in [0.15, 0.2) is 30.3 Å². The fraction of sp³-hybridized carbons (Fsp3) is 0.417. The molecule has 2 N–H and O–H groups in total. The molecule has 0 aliphatic heterocycles. The maximum absolute atomic E-state index is 13.2. The van der Waals surface area contributed by atoms with Crippen LogP contribution in [0, 0.1) is 0 Å². The van der Waals surface area contributed by atoms with Gasteiger partial charge in [0.15, 0.2) is 0 Å². The van der Waals surface area contributed by atoms with E-state index in [-0.39, 0.29) is 12.8 Å². The second kappa shape index (κ2) is 4.79. The Labute approximate surface area is 97.7 Å². The highest BCUT2D eigenvalue weighted by atomic mass is 19.3. The SMILES string of the molecule is CC(O)(CCc1ccccc1)C(F)(F)C(=O)O. The van der Waals surface area contributed by atoms with Gasteiger partial charge in [-0.25, -0.2) is 4.79 Å². The largest absolute Gasteiger partial charge is 0.477 e. The van der Waals surface area contributed by atoms with E-state index in [1.54, 1.807) is 30.3 Å². The average Bonchev–Trinajstić information content (AvgIpc) is 2.27. The molecule has 0 fully saturated rings. The number of rotatable bonds is 5. The zero-order chi connectivity index (χ0) is 13.1. The smallest absolute Gasteiger partial charge is 0.377 e. The summed E-state index contributed by atoms with van der Waals surface area (Å²) < 4.78 is 26.4. The first-order valence-electron chi connectivity index (χ1n) is 5.15. The highest BCUT2D eigenvalue weighted by Gasteiger charge is 2.55. The van der Waals surface area contributed by atoms with Gasteiger partial charge in [-0.1, -0.05) is 30.3 Å². The summed E-state index contributed by atoms with van der Waals surface area (Å²) in [5, 5.41) is 17.9. The Balaban J connectivity index is 2.71. The van der Waals surface area contributed by atoms with E-state index >= 15 is 0 Å². The van der Waals surface area contributed by atoms with Crippen LogP contribution >= 0.6 is 0 Å². The first kappa shape index (κ1) is 13.6. The van der Waals surface area contributed by atoms with Crippen LogP contribution in [0.3, 0.4) is 0 Å². The predicted octanol–water partition coefficient (Wildman–Crippen LogP) is 2.09. The lowest BCUT2D eigenvalue weighted by atomic mass is 9.90. The van der Waals surface area contributed by atoms with Gasteiger partial charge in [-0.3, -0.25) is 0 Å². The maximum atomic E-state index is 13.2. The Morgan fingerprint density at radius 3 is 2.29 bits per heavy atom. The van der Waals surface area contributed by atoms with Gasteiger partial charge in [-0.15, -0.1) is 0 Å². The topological polar surface area (TPSA) is 57.5 Å². The third-order valence-electron chi connectivity index (χ3n) is 2.69. The lowest BCUT2D eigenvalue weighted by Gasteiger charge is -2.29. The number of benzene rings is 1. The van der Waals surface area contributed by atoms with Gasteiger partial charge in [0.2, 0.25) is 0 Å². The van der Waals surface area contributed by atoms with Gasteiger partial charge in [0.25, 0.3) is 0 Å². The van der Waals surface area contributed by atoms with Crippen molar-refractivity contribution in [2.24, 2.45) is 0 Å². The minimum atomic E-state index is -4.15. The van der Waals surface area contributed by atoms with E-state index in [1.165, 1.54) is 0 Å². The van der Waals surface area contributed by atoms with E-state index in [1.807, 2.05) is 0 Å². The molecular weight excluding hydrogens is 230 g/mol. The molecule has 1 rings (SSSR count). The van der Waals surface area contributed by atoms with Crippen molar-refractivity contribution in [1.29, 1.82) is 0 Å². The second-order valence-electron chi connectivity index (χ2n) is 4.14. The molecule has 0 saturated carbocycles. The van der Waals surface area contributed by atoms with Gasteiger partial charge in [-0.05, 0) is 25.3 Å². The molecule has 1 atom stereocenters. The first-order chi connectivity index (χ1) is 7.77. The van der Waals surface area contributed by atoms with Crippen molar-refractivity contribution in [3.05, 3.63) is 35.9 Å². The van der Waals surface area contributed by atoms with Crippen molar-refractivity contribution in [3.63, 3.8) is 0 Å². The molecule has 0 aromatic heterocycles. The highest BCUT2D eigenvalue weighted by Crippen LogP contribution is 2.32. The number of aliphatic carboxylic acids is 1. The number of halogens is 2. The molecule has 0 saturated heterocycles. The Kier molecular flexibility index (Phi) is 3.83. The zero-order valence-corrected chi connectivity index (χ0v) is 9.36. The van der Waals surface area contributed by atoms with E-state index in [0.717, 1.165) is 12.5 Å². The van der Waals surface area contributed by atoms with Crippen LogP contribution in [-0.2, 0) is 11.2 Å². The van der Waals surface area contributed by atoms with E-state index in [4.69, 9.17) is 5.11 Å². The monoisotopic (exact) mass is 244 g/mol. The van der Waals surface area contributed by atoms with Gasteiger partial charge >= 0.3 is 11.9 Å². The van der Waals surface area contributed by atoms with Crippen molar-refractivity contribution in [2.45, 2.75) is 31.3 Å². The van der Waals surface area contributed by atoms with E-state index in [2.05, 4.69) is 0 Å². The lowest BCUT2D eigenvalue weighted by molar-refractivity contribution is -0.205. The standard InChI is InChI=1S/C12H14F2O3/c1-11(17,12(13,14)10(15)16)8-7-9-5-3-2-4-6-9/h2-6,17H,7-8H2,1H3,(H,15,16). The Morgan fingerprint density at radius 2 is 1.82 bits per heavy atom. The highest BCUT2D eigenvalue weighted by molar-refractivity contribution is 5.76. The van der Waals surface area contributed by atoms with Crippen molar-refractivity contribution < 1.29 is 23.8 Å². The number of hydrogen-bond acceptors (Lipinski definition) is 2. The summed E-state index contributed by atoms with van der Waals surface area (Å²) in [5.74, 6) is -6.46. The van der Waals surface area contributed by atoms with Crippen molar-refractivity contribution in [3.8, 4) is 0 Å².